The number of nitrogens with zero attached hydrogens (tertiary/aromatic N) is 2. The largest absolute Gasteiger partial charge is 0.494 e. The second-order valence-electron chi connectivity index (χ2n) is 3.51. The first-order valence-electron chi connectivity index (χ1n) is 5.23. The van der Waals surface area contributed by atoms with E-state index in [0.717, 1.165) is 0 Å². The van der Waals surface area contributed by atoms with Gasteiger partial charge in [0.1, 0.15) is 18.1 Å². The average Bonchev–Trinajstić information content (AvgIpc) is 2.38. The minimum Gasteiger partial charge on any atom is -0.494 e. The molecule has 0 saturated carbocycles. The first-order chi connectivity index (χ1) is 8.69. The average molecular weight is 266 g/mol. The van der Waals surface area contributed by atoms with Gasteiger partial charge in [0.2, 0.25) is 5.28 Å². The predicted molar refractivity (Wildman–Crippen MR) is 68.8 cm³/mol. The second kappa shape index (κ2) is 5.55. The fourth-order valence-corrected chi connectivity index (χ4v) is 1.55. The predicted octanol–water partition coefficient (Wildman–Crippen LogP) is 2.30. The molecule has 0 spiro atoms. The number of nitrogen functional groups attached to an aromatic ring is 1. The molecule has 0 aliphatic heterocycles. The lowest BCUT2D eigenvalue weighted by Gasteiger charge is -2.09. The van der Waals surface area contributed by atoms with Crippen LogP contribution in [0, 0.1) is 0 Å². The topological polar surface area (TPSA) is 70.3 Å². The first-order valence-corrected chi connectivity index (χ1v) is 5.60. The molecule has 1 heterocycles. The molecular formula is C12H12ClN3O2. The molecule has 5 nitrogen and oxygen atoms in total. The summed E-state index contributed by atoms with van der Waals surface area (Å²) in [5.74, 6) is 1.23. The number of benzene rings is 1. The van der Waals surface area contributed by atoms with Gasteiger partial charge in [-0.05, 0) is 29.8 Å². The molecule has 0 bridgehead atoms. The first kappa shape index (κ1) is 12.4. The zero-order valence-electron chi connectivity index (χ0n) is 9.76. The van der Waals surface area contributed by atoms with Crippen molar-refractivity contribution < 1.29 is 9.47 Å². The molecular weight excluding hydrogens is 254 g/mol. The van der Waals surface area contributed by atoms with E-state index in [1.165, 1.54) is 0 Å². The van der Waals surface area contributed by atoms with Crippen LogP contribution in [0.15, 0.2) is 30.5 Å². The van der Waals surface area contributed by atoms with Crippen molar-refractivity contribution in [3.63, 3.8) is 0 Å². The summed E-state index contributed by atoms with van der Waals surface area (Å²) < 4.78 is 10.7. The van der Waals surface area contributed by atoms with Crippen molar-refractivity contribution in [3.8, 4) is 11.5 Å². The third-order valence-electron chi connectivity index (χ3n) is 2.28. The molecule has 0 saturated heterocycles. The number of methoxy groups -OCH3 is 1. The Morgan fingerprint density at radius 3 is 2.89 bits per heavy atom. The molecule has 0 radical (unpaired) electrons. The Morgan fingerprint density at radius 2 is 2.17 bits per heavy atom. The highest BCUT2D eigenvalue weighted by molar-refractivity contribution is 6.28. The normalized spacial score (nSPS) is 10.1. The second-order valence-corrected chi connectivity index (χ2v) is 3.85. The number of rotatable bonds is 4. The molecule has 18 heavy (non-hydrogen) atoms. The summed E-state index contributed by atoms with van der Waals surface area (Å²) >= 11 is 5.68. The van der Waals surface area contributed by atoms with Crippen LogP contribution in [-0.2, 0) is 6.61 Å². The molecule has 0 aliphatic rings. The molecule has 6 heteroatoms. The van der Waals surface area contributed by atoms with E-state index in [9.17, 15) is 0 Å². The highest BCUT2D eigenvalue weighted by Gasteiger charge is 2.03. The van der Waals surface area contributed by atoms with Gasteiger partial charge in [-0.2, -0.15) is 0 Å². The number of hydrogen-bond acceptors (Lipinski definition) is 5. The van der Waals surface area contributed by atoms with Crippen molar-refractivity contribution in [3.05, 3.63) is 41.4 Å². The van der Waals surface area contributed by atoms with Gasteiger partial charge in [0.25, 0.3) is 0 Å². The Hall–Kier alpha value is -2.01. The van der Waals surface area contributed by atoms with Crippen molar-refractivity contribution in [1.29, 1.82) is 0 Å². The molecule has 2 rings (SSSR count). The van der Waals surface area contributed by atoms with Crippen LogP contribution in [0.4, 0.5) is 5.69 Å². The van der Waals surface area contributed by atoms with Crippen LogP contribution in [0.3, 0.4) is 0 Å². The quantitative estimate of drug-likeness (QED) is 0.678. The molecule has 0 fully saturated rings. The zero-order valence-corrected chi connectivity index (χ0v) is 10.5. The molecule has 0 unspecified atom stereocenters. The minimum absolute atomic E-state index is 0.200. The van der Waals surface area contributed by atoms with E-state index in [0.29, 0.717) is 29.5 Å². The van der Waals surface area contributed by atoms with Crippen LogP contribution >= 0.6 is 11.6 Å². The molecule has 0 atom stereocenters. The van der Waals surface area contributed by atoms with Gasteiger partial charge < -0.3 is 15.2 Å². The standard InChI is InChI=1S/C12H12ClN3O2/c1-17-11-6-9(2-3-10(11)14)18-7-8-4-5-15-12(13)16-8/h2-6H,7,14H2,1H3. The monoisotopic (exact) mass is 265 g/mol. The Labute approximate surface area is 110 Å². The summed E-state index contributed by atoms with van der Waals surface area (Å²) in [5.41, 5.74) is 6.97. The summed E-state index contributed by atoms with van der Waals surface area (Å²) in [6.45, 7) is 0.301. The highest BCUT2D eigenvalue weighted by Crippen LogP contribution is 2.26. The van der Waals surface area contributed by atoms with E-state index in [-0.39, 0.29) is 5.28 Å². The van der Waals surface area contributed by atoms with Gasteiger partial charge in [0.05, 0.1) is 18.5 Å². The lowest BCUT2D eigenvalue weighted by molar-refractivity contribution is 0.299. The Balaban J connectivity index is 2.06. The highest BCUT2D eigenvalue weighted by atomic mass is 35.5. The van der Waals surface area contributed by atoms with Crippen LogP contribution < -0.4 is 15.2 Å². The van der Waals surface area contributed by atoms with Crippen molar-refractivity contribution in [2.45, 2.75) is 6.61 Å². The minimum atomic E-state index is 0.200. The van der Waals surface area contributed by atoms with Crippen LogP contribution in [0.2, 0.25) is 5.28 Å². The van der Waals surface area contributed by atoms with Crippen molar-refractivity contribution in [1.82, 2.24) is 9.97 Å². The molecule has 1 aromatic heterocycles. The molecule has 0 amide bonds. The number of anilines is 1. The van der Waals surface area contributed by atoms with Gasteiger partial charge >= 0.3 is 0 Å². The van der Waals surface area contributed by atoms with Crippen LogP contribution in [-0.4, -0.2) is 17.1 Å². The summed E-state index contributed by atoms with van der Waals surface area (Å²) in [6.07, 6.45) is 1.58. The molecule has 2 N–H and O–H groups in total. The number of halogens is 1. The Morgan fingerprint density at radius 1 is 1.33 bits per heavy atom. The van der Waals surface area contributed by atoms with Gasteiger partial charge in [-0.3, -0.25) is 0 Å². The van der Waals surface area contributed by atoms with E-state index in [4.69, 9.17) is 26.8 Å². The van der Waals surface area contributed by atoms with Crippen LogP contribution in [0.5, 0.6) is 11.5 Å². The number of aromatic nitrogens is 2. The fraction of sp³-hybridized carbons (Fsp3) is 0.167. The van der Waals surface area contributed by atoms with Gasteiger partial charge in [0, 0.05) is 12.3 Å². The van der Waals surface area contributed by atoms with Crippen molar-refractivity contribution in [2.24, 2.45) is 0 Å². The van der Waals surface area contributed by atoms with Gasteiger partial charge in [-0.1, -0.05) is 0 Å². The molecule has 1 aromatic carbocycles. The zero-order chi connectivity index (χ0) is 13.0. The third-order valence-corrected chi connectivity index (χ3v) is 2.46. The van der Waals surface area contributed by atoms with Crippen LogP contribution in [0.25, 0.3) is 0 Å². The lowest BCUT2D eigenvalue weighted by Crippen LogP contribution is -2.00. The van der Waals surface area contributed by atoms with E-state index in [2.05, 4.69) is 9.97 Å². The van der Waals surface area contributed by atoms with Crippen molar-refractivity contribution >= 4 is 17.3 Å². The van der Waals surface area contributed by atoms with Gasteiger partial charge in [0.15, 0.2) is 0 Å². The van der Waals surface area contributed by atoms with E-state index in [1.54, 1.807) is 37.6 Å². The van der Waals surface area contributed by atoms with Gasteiger partial charge in [-0.25, -0.2) is 9.97 Å². The van der Waals surface area contributed by atoms with Crippen LogP contribution in [0.1, 0.15) is 5.69 Å². The molecule has 94 valence electrons. The maximum atomic E-state index is 5.71. The van der Waals surface area contributed by atoms with Crippen molar-refractivity contribution in [2.75, 3.05) is 12.8 Å². The van der Waals surface area contributed by atoms with Gasteiger partial charge in [-0.15, -0.1) is 0 Å². The Bertz CT molecular complexity index is 549. The maximum Gasteiger partial charge on any atom is 0.222 e. The summed E-state index contributed by atoms with van der Waals surface area (Å²) in [4.78, 5) is 7.82. The number of hydrogen-bond donors (Lipinski definition) is 1. The number of ether oxygens (including phenoxy) is 2. The molecule has 2 aromatic rings. The third kappa shape index (κ3) is 3.01. The number of nitrogens with two attached hydrogens (primary N) is 1. The molecule has 0 aliphatic carbocycles. The van der Waals surface area contributed by atoms with E-state index < -0.39 is 0 Å². The fourth-order valence-electron chi connectivity index (χ4n) is 1.39. The summed E-state index contributed by atoms with van der Waals surface area (Å²) in [7, 11) is 1.56. The summed E-state index contributed by atoms with van der Waals surface area (Å²) in [5, 5.41) is 0.200. The van der Waals surface area contributed by atoms with E-state index in [1.807, 2.05) is 0 Å². The Kier molecular flexibility index (Phi) is 3.84. The smallest absolute Gasteiger partial charge is 0.222 e. The SMILES string of the molecule is COc1cc(OCc2ccnc(Cl)n2)ccc1N. The maximum absolute atomic E-state index is 5.71. The summed E-state index contributed by atoms with van der Waals surface area (Å²) in [6, 6.07) is 6.94. The lowest BCUT2D eigenvalue weighted by atomic mass is 10.3. The van der Waals surface area contributed by atoms with E-state index >= 15 is 0 Å².